The van der Waals surface area contributed by atoms with Crippen molar-refractivity contribution in [3.63, 3.8) is 0 Å². The van der Waals surface area contributed by atoms with Crippen LogP contribution in [0.25, 0.3) is 0 Å². The molecule has 7 heteroatoms. The van der Waals surface area contributed by atoms with Gasteiger partial charge < -0.3 is 25.0 Å². The monoisotopic (exact) mass is 388 g/mol. The Morgan fingerprint density at radius 3 is 2.32 bits per heavy atom. The molecule has 28 heavy (non-hydrogen) atoms. The van der Waals surface area contributed by atoms with Crippen LogP contribution in [-0.4, -0.2) is 40.8 Å². The Bertz CT molecular complexity index is 809. The van der Waals surface area contributed by atoms with Gasteiger partial charge in [-0.3, -0.25) is 0 Å². The molecule has 0 aliphatic carbocycles. The fourth-order valence-corrected chi connectivity index (χ4v) is 2.70. The number of methoxy groups -OCH3 is 2. The van der Waals surface area contributed by atoms with Crippen LogP contribution < -0.4 is 25.0 Å². The van der Waals surface area contributed by atoms with Gasteiger partial charge in [0.05, 0.1) is 26.5 Å². The zero-order valence-corrected chi connectivity index (χ0v) is 17.2. The van der Waals surface area contributed by atoms with E-state index in [0.29, 0.717) is 36.2 Å². The van der Waals surface area contributed by atoms with Crippen LogP contribution in [0, 0.1) is 5.82 Å². The normalized spacial score (nSPS) is 11.1. The van der Waals surface area contributed by atoms with E-state index in [9.17, 15) is 4.39 Å². The molecule has 0 unspecified atom stereocenters. The molecule has 0 saturated heterocycles. The highest BCUT2D eigenvalue weighted by molar-refractivity contribution is 5.79. The van der Waals surface area contributed by atoms with Gasteiger partial charge in [-0.05, 0) is 42.3 Å². The van der Waals surface area contributed by atoms with Crippen molar-refractivity contribution >= 4 is 11.6 Å². The highest BCUT2D eigenvalue weighted by Gasteiger charge is 2.07. The maximum Gasteiger partial charge on any atom is 0.191 e. The summed E-state index contributed by atoms with van der Waals surface area (Å²) in [4.78, 5) is 6.30. The van der Waals surface area contributed by atoms with Crippen LogP contribution in [0.4, 0.5) is 10.1 Å². The average Bonchev–Trinajstić information content (AvgIpc) is 2.69. The number of aliphatic imine (C=N–C) groups is 1. The summed E-state index contributed by atoms with van der Waals surface area (Å²) >= 11 is 0. The van der Waals surface area contributed by atoms with Crippen LogP contribution in [-0.2, 0) is 13.1 Å². The Hall–Kier alpha value is -2.96. The molecular formula is C21H29FN4O2. The van der Waals surface area contributed by atoms with Gasteiger partial charge in [0.2, 0.25) is 0 Å². The molecule has 0 aromatic heterocycles. The first-order valence-corrected chi connectivity index (χ1v) is 9.17. The smallest absolute Gasteiger partial charge is 0.191 e. The predicted octanol–water partition coefficient (Wildman–Crippen LogP) is 3.16. The minimum Gasteiger partial charge on any atom is -0.493 e. The van der Waals surface area contributed by atoms with Crippen LogP contribution in [0.15, 0.2) is 41.4 Å². The Kier molecular flexibility index (Phi) is 7.92. The summed E-state index contributed by atoms with van der Waals surface area (Å²) in [5.41, 5.74) is 2.40. The van der Waals surface area contributed by atoms with E-state index in [1.165, 1.54) is 6.07 Å². The first-order valence-electron chi connectivity index (χ1n) is 9.17. The lowest BCUT2D eigenvalue weighted by Crippen LogP contribution is -2.36. The fraction of sp³-hybridized carbons (Fsp3) is 0.381. The van der Waals surface area contributed by atoms with E-state index < -0.39 is 0 Å². The minimum absolute atomic E-state index is 0.249. The highest BCUT2D eigenvalue weighted by Crippen LogP contribution is 2.27. The molecule has 0 saturated carbocycles. The van der Waals surface area contributed by atoms with Gasteiger partial charge in [0.1, 0.15) is 5.82 Å². The van der Waals surface area contributed by atoms with Crippen molar-refractivity contribution in [3.05, 3.63) is 53.3 Å². The fourth-order valence-electron chi connectivity index (χ4n) is 2.70. The Balaban J connectivity index is 2.05. The highest BCUT2D eigenvalue weighted by atomic mass is 19.1. The van der Waals surface area contributed by atoms with Gasteiger partial charge in [0, 0.05) is 27.2 Å². The van der Waals surface area contributed by atoms with Crippen molar-refractivity contribution < 1.29 is 13.9 Å². The van der Waals surface area contributed by atoms with Gasteiger partial charge >= 0.3 is 0 Å². The zero-order chi connectivity index (χ0) is 20.5. The van der Waals surface area contributed by atoms with Crippen molar-refractivity contribution in [3.8, 4) is 11.5 Å². The third-order valence-electron chi connectivity index (χ3n) is 4.17. The van der Waals surface area contributed by atoms with E-state index in [4.69, 9.17) is 9.47 Å². The molecule has 2 aromatic rings. The van der Waals surface area contributed by atoms with E-state index in [-0.39, 0.29) is 5.82 Å². The van der Waals surface area contributed by atoms with Gasteiger partial charge in [0.25, 0.3) is 0 Å². The van der Waals surface area contributed by atoms with E-state index in [0.717, 1.165) is 17.7 Å². The number of hydrogen-bond donors (Lipinski definition) is 2. The Morgan fingerprint density at radius 1 is 1.00 bits per heavy atom. The summed E-state index contributed by atoms with van der Waals surface area (Å²) in [5.74, 6) is 1.78. The second-order valence-corrected chi connectivity index (χ2v) is 6.42. The molecule has 6 nitrogen and oxygen atoms in total. The van der Waals surface area contributed by atoms with Crippen LogP contribution in [0.3, 0.4) is 0 Å². The summed E-state index contributed by atoms with van der Waals surface area (Å²) in [7, 11) is 6.86. The van der Waals surface area contributed by atoms with Gasteiger partial charge in [-0.1, -0.05) is 12.1 Å². The number of anilines is 1. The first-order chi connectivity index (χ1) is 13.5. The standard InChI is InChI=1S/C21H29FN4O2/c1-6-23-21(24-13-15-7-9-18(26(2)3)17(22)11-15)25-14-16-8-10-19(27-4)20(12-16)28-5/h7-12H,6,13-14H2,1-5H3,(H2,23,24,25). The molecule has 0 radical (unpaired) electrons. The molecule has 152 valence electrons. The van der Waals surface area contributed by atoms with Gasteiger partial charge in [-0.15, -0.1) is 0 Å². The Morgan fingerprint density at radius 2 is 1.71 bits per heavy atom. The van der Waals surface area contributed by atoms with Gasteiger partial charge in [-0.25, -0.2) is 9.38 Å². The summed E-state index contributed by atoms with van der Waals surface area (Å²) in [6, 6.07) is 10.9. The largest absolute Gasteiger partial charge is 0.493 e. The maximum absolute atomic E-state index is 14.1. The molecule has 2 aromatic carbocycles. The van der Waals surface area contributed by atoms with Crippen molar-refractivity contribution in [1.29, 1.82) is 0 Å². The summed E-state index contributed by atoms with van der Waals surface area (Å²) in [6.07, 6.45) is 0. The lowest BCUT2D eigenvalue weighted by Gasteiger charge is -2.15. The molecule has 2 N–H and O–H groups in total. The van der Waals surface area contributed by atoms with E-state index in [1.54, 1.807) is 25.2 Å². The van der Waals surface area contributed by atoms with Crippen LogP contribution in [0.1, 0.15) is 18.1 Å². The number of halogens is 1. The molecule has 0 bridgehead atoms. The van der Waals surface area contributed by atoms with Gasteiger partial charge in [0.15, 0.2) is 17.5 Å². The number of nitrogens with one attached hydrogen (secondary N) is 2. The predicted molar refractivity (Wildman–Crippen MR) is 112 cm³/mol. The number of rotatable bonds is 8. The Labute approximate surface area is 166 Å². The molecule has 0 spiro atoms. The van der Waals surface area contributed by atoms with E-state index in [1.807, 2.05) is 45.3 Å². The second-order valence-electron chi connectivity index (χ2n) is 6.42. The second kappa shape index (κ2) is 10.4. The van der Waals surface area contributed by atoms with E-state index in [2.05, 4.69) is 15.6 Å². The molecule has 2 rings (SSSR count). The molecule has 0 amide bonds. The lowest BCUT2D eigenvalue weighted by atomic mass is 10.2. The molecule has 0 heterocycles. The molecular weight excluding hydrogens is 359 g/mol. The summed E-state index contributed by atoms with van der Waals surface area (Å²) < 4.78 is 24.7. The number of nitrogens with zero attached hydrogens (tertiary/aromatic N) is 2. The first kappa shape index (κ1) is 21.3. The zero-order valence-electron chi connectivity index (χ0n) is 17.2. The van der Waals surface area contributed by atoms with Crippen LogP contribution in [0.5, 0.6) is 11.5 Å². The number of hydrogen-bond acceptors (Lipinski definition) is 4. The number of ether oxygens (including phenoxy) is 2. The molecule has 0 aliphatic rings. The number of guanidine groups is 1. The van der Waals surface area contributed by atoms with Crippen molar-refractivity contribution in [2.24, 2.45) is 4.99 Å². The maximum atomic E-state index is 14.1. The third-order valence-corrected chi connectivity index (χ3v) is 4.17. The van der Waals surface area contributed by atoms with Crippen molar-refractivity contribution in [2.45, 2.75) is 20.0 Å². The SMILES string of the molecule is CCNC(=NCc1ccc(N(C)C)c(F)c1)NCc1ccc(OC)c(OC)c1. The molecule has 0 atom stereocenters. The average molecular weight is 388 g/mol. The van der Waals surface area contributed by atoms with Gasteiger partial charge in [-0.2, -0.15) is 0 Å². The van der Waals surface area contributed by atoms with Crippen molar-refractivity contribution in [2.75, 3.05) is 39.8 Å². The third kappa shape index (κ3) is 5.77. The van der Waals surface area contributed by atoms with Crippen molar-refractivity contribution in [1.82, 2.24) is 10.6 Å². The van der Waals surface area contributed by atoms with Crippen LogP contribution >= 0.6 is 0 Å². The number of benzene rings is 2. The molecule has 0 aliphatic heterocycles. The molecule has 0 fully saturated rings. The summed E-state index contributed by atoms with van der Waals surface area (Å²) in [5, 5.41) is 6.48. The summed E-state index contributed by atoms with van der Waals surface area (Å²) in [6.45, 7) is 3.68. The topological polar surface area (TPSA) is 58.1 Å². The quantitative estimate of drug-likeness (QED) is 0.537. The minimum atomic E-state index is -0.249. The van der Waals surface area contributed by atoms with E-state index >= 15 is 0 Å². The lowest BCUT2D eigenvalue weighted by molar-refractivity contribution is 0.354. The van der Waals surface area contributed by atoms with Crippen LogP contribution in [0.2, 0.25) is 0 Å².